The number of ether oxygens (including phenoxy) is 2. The molecule has 5 nitrogen and oxygen atoms in total. The Morgan fingerprint density at radius 2 is 2.17 bits per heavy atom. The molecule has 1 aromatic heterocycles. The minimum atomic E-state index is -0.0296. The van der Waals surface area contributed by atoms with E-state index in [9.17, 15) is 4.79 Å². The van der Waals surface area contributed by atoms with Gasteiger partial charge in [0.05, 0.1) is 12.2 Å². The fraction of sp³-hybridized carbons (Fsp3) is 0.444. The zero-order valence-corrected chi connectivity index (χ0v) is 15.4. The smallest absolute Gasteiger partial charge is 0.249 e. The maximum absolute atomic E-state index is 12.1. The summed E-state index contributed by atoms with van der Waals surface area (Å²) in [6, 6.07) is 8.04. The van der Waals surface area contributed by atoms with Gasteiger partial charge in [0.25, 0.3) is 0 Å². The number of methoxy groups -OCH3 is 1. The first kappa shape index (κ1) is 18.4. The molecule has 0 aliphatic carbocycles. The van der Waals surface area contributed by atoms with Gasteiger partial charge in [0.15, 0.2) is 0 Å². The van der Waals surface area contributed by atoms with Crippen molar-refractivity contribution >= 4 is 17.2 Å². The summed E-state index contributed by atoms with van der Waals surface area (Å²) >= 11 is 1.55. The normalized spacial score (nSPS) is 10.9. The third-order valence-electron chi connectivity index (χ3n) is 3.50. The number of hydrogen-bond acceptors (Lipinski definition) is 5. The van der Waals surface area contributed by atoms with Crippen LogP contribution in [0.5, 0.6) is 5.75 Å². The highest BCUT2D eigenvalue weighted by molar-refractivity contribution is 7.09. The van der Waals surface area contributed by atoms with E-state index in [1.54, 1.807) is 16.2 Å². The van der Waals surface area contributed by atoms with Gasteiger partial charge < -0.3 is 14.4 Å². The van der Waals surface area contributed by atoms with Gasteiger partial charge in [0.1, 0.15) is 24.0 Å². The molecule has 1 heterocycles. The standard InChI is InChI=1S/C18H24N2O3S/c1-13(2)20(18(21)11-22-4)9-15-12-24-17(19-15)10-23-16-7-5-6-14(3)8-16/h5-8,12-13H,9-11H2,1-4H3. The predicted octanol–water partition coefficient (Wildman–Crippen LogP) is 3.41. The minimum Gasteiger partial charge on any atom is -0.486 e. The third kappa shape index (κ3) is 5.32. The highest BCUT2D eigenvalue weighted by Crippen LogP contribution is 2.18. The predicted molar refractivity (Wildman–Crippen MR) is 95.2 cm³/mol. The van der Waals surface area contributed by atoms with Crippen LogP contribution in [0.3, 0.4) is 0 Å². The zero-order chi connectivity index (χ0) is 17.5. The van der Waals surface area contributed by atoms with Crippen LogP contribution < -0.4 is 4.74 Å². The van der Waals surface area contributed by atoms with E-state index in [4.69, 9.17) is 9.47 Å². The number of amides is 1. The second-order valence-corrected chi connectivity index (χ2v) is 6.83. The van der Waals surface area contributed by atoms with Crippen LogP contribution in [-0.2, 0) is 22.7 Å². The molecule has 0 spiro atoms. The largest absolute Gasteiger partial charge is 0.486 e. The van der Waals surface area contributed by atoms with Gasteiger partial charge in [0.2, 0.25) is 5.91 Å². The van der Waals surface area contributed by atoms with Crippen LogP contribution in [0.4, 0.5) is 0 Å². The molecule has 0 bridgehead atoms. The average molecular weight is 348 g/mol. The van der Waals surface area contributed by atoms with E-state index < -0.39 is 0 Å². The average Bonchev–Trinajstić information content (AvgIpc) is 2.98. The number of aryl methyl sites for hydroxylation is 1. The van der Waals surface area contributed by atoms with Crippen LogP contribution in [0, 0.1) is 6.92 Å². The zero-order valence-electron chi connectivity index (χ0n) is 14.6. The van der Waals surface area contributed by atoms with Crippen molar-refractivity contribution in [3.63, 3.8) is 0 Å². The lowest BCUT2D eigenvalue weighted by atomic mass is 10.2. The van der Waals surface area contributed by atoms with Gasteiger partial charge in [-0.15, -0.1) is 11.3 Å². The Morgan fingerprint density at radius 3 is 2.83 bits per heavy atom. The fourth-order valence-electron chi connectivity index (χ4n) is 2.28. The third-order valence-corrected chi connectivity index (χ3v) is 4.37. The van der Waals surface area contributed by atoms with E-state index in [2.05, 4.69) is 4.98 Å². The SMILES string of the molecule is COCC(=O)N(Cc1csc(COc2cccc(C)c2)n1)C(C)C. The van der Waals surface area contributed by atoms with E-state index in [-0.39, 0.29) is 18.6 Å². The monoisotopic (exact) mass is 348 g/mol. The summed E-state index contributed by atoms with van der Waals surface area (Å²) in [7, 11) is 1.53. The van der Waals surface area contributed by atoms with Crippen molar-refractivity contribution in [3.8, 4) is 5.75 Å². The second kappa shape index (κ2) is 8.80. The van der Waals surface area contributed by atoms with Crippen LogP contribution in [0.15, 0.2) is 29.6 Å². The molecular weight excluding hydrogens is 324 g/mol. The van der Waals surface area contributed by atoms with Gasteiger partial charge in [0, 0.05) is 18.5 Å². The number of thiazole rings is 1. The molecule has 2 rings (SSSR count). The number of benzene rings is 1. The first-order valence-corrected chi connectivity index (χ1v) is 8.78. The molecule has 0 N–H and O–H groups in total. The number of carbonyl (C=O) groups excluding carboxylic acids is 1. The van der Waals surface area contributed by atoms with Crippen LogP contribution in [0.25, 0.3) is 0 Å². The molecule has 0 fully saturated rings. The maximum atomic E-state index is 12.1. The van der Waals surface area contributed by atoms with Crippen LogP contribution in [-0.4, -0.2) is 35.5 Å². The lowest BCUT2D eigenvalue weighted by Crippen LogP contribution is -2.38. The molecule has 0 radical (unpaired) electrons. The molecule has 130 valence electrons. The van der Waals surface area contributed by atoms with Crippen molar-refractivity contribution in [2.45, 2.75) is 40.0 Å². The Bertz CT molecular complexity index is 670. The first-order chi connectivity index (χ1) is 11.5. The Hall–Kier alpha value is -1.92. The summed E-state index contributed by atoms with van der Waals surface area (Å²) in [5.41, 5.74) is 2.04. The molecule has 6 heteroatoms. The van der Waals surface area contributed by atoms with Crippen molar-refractivity contribution in [1.82, 2.24) is 9.88 Å². The van der Waals surface area contributed by atoms with Crippen LogP contribution in [0.1, 0.15) is 30.1 Å². The fourth-order valence-corrected chi connectivity index (χ4v) is 2.97. The van der Waals surface area contributed by atoms with Crippen molar-refractivity contribution in [3.05, 3.63) is 45.9 Å². The van der Waals surface area contributed by atoms with E-state index in [0.717, 1.165) is 22.0 Å². The van der Waals surface area contributed by atoms with Gasteiger partial charge in [-0.1, -0.05) is 12.1 Å². The van der Waals surface area contributed by atoms with E-state index >= 15 is 0 Å². The number of carbonyl (C=O) groups is 1. The summed E-state index contributed by atoms with van der Waals surface area (Å²) in [6.45, 7) is 7.02. The summed E-state index contributed by atoms with van der Waals surface area (Å²) in [4.78, 5) is 18.4. The Labute approximate surface area is 147 Å². The number of aromatic nitrogens is 1. The second-order valence-electron chi connectivity index (χ2n) is 5.89. The summed E-state index contributed by atoms with van der Waals surface area (Å²) < 4.78 is 10.7. The molecule has 2 aromatic rings. The molecular formula is C18H24N2O3S. The van der Waals surface area contributed by atoms with Gasteiger partial charge in [-0.3, -0.25) is 4.79 Å². The highest BCUT2D eigenvalue weighted by atomic mass is 32.1. The van der Waals surface area contributed by atoms with Crippen LogP contribution in [0.2, 0.25) is 0 Å². The molecule has 1 amide bonds. The molecule has 0 aliphatic rings. The van der Waals surface area contributed by atoms with Gasteiger partial charge in [-0.2, -0.15) is 0 Å². The summed E-state index contributed by atoms with van der Waals surface area (Å²) in [5.74, 6) is 0.809. The molecule has 0 unspecified atom stereocenters. The Kier molecular flexibility index (Phi) is 6.75. The molecule has 24 heavy (non-hydrogen) atoms. The van der Waals surface area contributed by atoms with Crippen molar-refractivity contribution in [1.29, 1.82) is 0 Å². The van der Waals surface area contributed by atoms with Crippen molar-refractivity contribution in [2.24, 2.45) is 0 Å². The lowest BCUT2D eigenvalue weighted by Gasteiger charge is -2.25. The van der Waals surface area contributed by atoms with Gasteiger partial charge in [-0.05, 0) is 38.5 Å². The topological polar surface area (TPSA) is 51.7 Å². The maximum Gasteiger partial charge on any atom is 0.249 e. The number of rotatable bonds is 8. The lowest BCUT2D eigenvalue weighted by molar-refractivity contribution is -0.137. The number of nitrogens with zero attached hydrogens (tertiary/aromatic N) is 2. The first-order valence-electron chi connectivity index (χ1n) is 7.90. The highest BCUT2D eigenvalue weighted by Gasteiger charge is 2.18. The molecule has 1 aromatic carbocycles. The molecule has 0 atom stereocenters. The molecule has 0 saturated heterocycles. The Balaban J connectivity index is 1.95. The van der Waals surface area contributed by atoms with E-state index in [1.165, 1.54) is 7.11 Å². The molecule has 0 aliphatic heterocycles. The Morgan fingerprint density at radius 1 is 1.38 bits per heavy atom. The van der Waals surface area contributed by atoms with Crippen molar-refractivity contribution < 1.29 is 14.3 Å². The van der Waals surface area contributed by atoms with Gasteiger partial charge in [-0.25, -0.2) is 4.98 Å². The quantitative estimate of drug-likeness (QED) is 0.733. The van der Waals surface area contributed by atoms with Gasteiger partial charge >= 0.3 is 0 Å². The van der Waals surface area contributed by atoms with E-state index in [0.29, 0.717) is 13.2 Å². The summed E-state index contributed by atoms with van der Waals surface area (Å²) in [5, 5.41) is 2.87. The minimum absolute atomic E-state index is 0.0296. The molecule has 0 saturated carbocycles. The van der Waals surface area contributed by atoms with Crippen LogP contribution >= 0.6 is 11.3 Å². The summed E-state index contributed by atoms with van der Waals surface area (Å²) in [6.07, 6.45) is 0. The van der Waals surface area contributed by atoms with Crippen molar-refractivity contribution in [2.75, 3.05) is 13.7 Å². The number of hydrogen-bond donors (Lipinski definition) is 0. The van der Waals surface area contributed by atoms with E-state index in [1.807, 2.05) is 50.4 Å².